The maximum atomic E-state index is 9.94. The first kappa shape index (κ1) is 13.7. The van der Waals surface area contributed by atoms with Crippen molar-refractivity contribution in [1.82, 2.24) is 4.90 Å². The SMILES string of the molecule is COc1cccc(NC2(CO)CCN3CCCC3C2)c1. The minimum Gasteiger partial charge on any atom is -0.497 e. The molecule has 2 aliphatic rings. The van der Waals surface area contributed by atoms with Gasteiger partial charge in [0.2, 0.25) is 0 Å². The van der Waals surface area contributed by atoms with Gasteiger partial charge in [-0.15, -0.1) is 0 Å². The number of aliphatic hydroxyl groups excluding tert-OH is 1. The van der Waals surface area contributed by atoms with E-state index in [1.807, 2.05) is 24.3 Å². The van der Waals surface area contributed by atoms with E-state index in [1.54, 1.807) is 7.11 Å². The van der Waals surface area contributed by atoms with E-state index >= 15 is 0 Å². The van der Waals surface area contributed by atoms with Crippen molar-refractivity contribution in [2.24, 2.45) is 0 Å². The highest BCUT2D eigenvalue weighted by atomic mass is 16.5. The van der Waals surface area contributed by atoms with Crippen LogP contribution in [0.3, 0.4) is 0 Å². The number of hydrogen-bond acceptors (Lipinski definition) is 4. The summed E-state index contributed by atoms with van der Waals surface area (Å²) >= 11 is 0. The third kappa shape index (κ3) is 2.63. The van der Waals surface area contributed by atoms with Gasteiger partial charge >= 0.3 is 0 Å². The van der Waals surface area contributed by atoms with Crippen molar-refractivity contribution in [2.45, 2.75) is 37.3 Å². The Labute approximate surface area is 120 Å². The molecule has 2 unspecified atom stereocenters. The molecule has 0 saturated carbocycles. The van der Waals surface area contributed by atoms with Crippen molar-refractivity contribution in [1.29, 1.82) is 0 Å². The topological polar surface area (TPSA) is 44.7 Å². The Morgan fingerprint density at radius 1 is 1.45 bits per heavy atom. The summed E-state index contributed by atoms with van der Waals surface area (Å²) in [6.07, 6.45) is 4.59. The van der Waals surface area contributed by atoms with Crippen LogP contribution in [0, 0.1) is 0 Å². The van der Waals surface area contributed by atoms with Crippen LogP contribution in [-0.2, 0) is 0 Å². The van der Waals surface area contributed by atoms with E-state index < -0.39 is 0 Å². The Bertz CT molecular complexity index is 466. The molecule has 4 heteroatoms. The number of aliphatic hydroxyl groups is 1. The van der Waals surface area contributed by atoms with Crippen LogP contribution in [0.4, 0.5) is 5.69 Å². The second-order valence-corrected chi connectivity index (χ2v) is 6.08. The number of benzene rings is 1. The van der Waals surface area contributed by atoms with Gasteiger partial charge in [-0.2, -0.15) is 0 Å². The van der Waals surface area contributed by atoms with Crippen LogP contribution in [-0.4, -0.2) is 48.4 Å². The van der Waals surface area contributed by atoms with Crippen LogP contribution in [0.25, 0.3) is 0 Å². The number of fused-ring (bicyclic) bond motifs is 1. The number of methoxy groups -OCH3 is 1. The lowest BCUT2D eigenvalue weighted by Crippen LogP contribution is -2.54. The molecule has 0 aliphatic carbocycles. The van der Waals surface area contributed by atoms with Crippen molar-refractivity contribution in [3.63, 3.8) is 0 Å². The van der Waals surface area contributed by atoms with Gasteiger partial charge < -0.3 is 20.1 Å². The van der Waals surface area contributed by atoms with E-state index in [0.29, 0.717) is 6.04 Å². The summed E-state index contributed by atoms with van der Waals surface area (Å²) in [6, 6.07) is 8.60. The van der Waals surface area contributed by atoms with Crippen LogP contribution in [0.5, 0.6) is 5.75 Å². The molecule has 0 spiro atoms. The molecule has 0 radical (unpaired) electrons. The second kappa shape index (κ2) is 5.62. The number of nitrogens with one attached hydrogen (secondary N) is 1. The van der Waals surface area contributed by atoms with Crippen molar-refractivity contribution in [2.75, 3.05) is 32.1 Å². The quantitative estimate of drug-likeness (QED) is 0.884. The molecule has 1 aromatic rings. The first-order valence-corrected chi connectivity index (χ1v) is 7.52. The Hall–Kier alpha value is -1.26. The fourth-order valence-corrected chi connectivity index (χ4v) is 3.64. The zero-order valence-corrected chi connectivity index (χ0v) is 12.1. The Morgan fingerprint density at radius 2 is 2.35 bits per heavy atom. The van der Waals surface area contributed by atoms with E-state index in [9.17, 15) is 5.11 Å². The smallest absolute Gasteiger partial charge is 0.120 e. The summed E-state index contributed by atoms with van der Waals surface area (Å²) < 4.78 is 5.27. The maximum absolute atomic E-state index is 9.94. The molecule has 0 aromatic heterocycles. The fourth-order valence-electron chi connectivity index (χ4n) is 3.64. The lowest BCUT2D eigenvalue weighted by atomic mass is 9.83. The average Bonchev–Trinajstić information content (AvgIpc) is 2.94. The highest BCUT2D eigenvalue weighted by Gasteiger charge is 2.41. The molecular formula is C16H24N2O2. The van der Waals surface area contributed by atoms with Crippen LogP contribution in [0.2, 0.25) is 0 Å². The third-order valence-electron chi connectivity index (χ3n) is 4.78. The molecule has 4 nitrogen and oxygen atoms in total. The highest BCUT2D eigenvalue weighted by Crippen LogP contribution is 2.35. The van der Waals surface area contributed by atoms with E-state index in [2.05, 4.69) is 10.2 Å². The Kier molecular flexibility index (Phi) is 3.85. The van der Waals surface area contributed by atoms with Crippen LogP contribution in [0.1, 0.15) is 25.7 Å². The van der Waals surface area contributed by atoms with Crippen molar-refractivity contribution in [3.8, 4) is 5.75 Å². The fraction of sp³-hybridized carbons (Fsp3) is 0.625. The number of piperidine rings is 1. The van der Waals surface area contributed by atoms with Crippen molar-refractivity contribution in [3.05, 3.63) is 24.3 Å². The minimum absolute atomic E-state index is 0.183. The Balaban J connectivity index is 1.75. The summed E-state index contributed by atoms with van der Waals surface area (Å²) in [5.41, 5.74) is 0.850. The standard InChI is InChI=1S/C16H24N2O2/c1-20-15-6-2-4-13(10-15)17-16(12-19)7-9-18-8-3-5-14(18)11-16/h2,4,6,10,14,17,19H,3,5,7-9,11-12H2,1H3. The van der Waals surface area contributed by atoms with Crippen molar-refractivity contribution < 1.29 is 9.84 Å². The predicted octanol–water partition coefficient (Wildman–Crippen LogP) is 2.10. The van der Waals surface area contributed by atoms with E-state index in [0.717, 1.165) is 30.8 Å². The summed E-state index contributed by atoms with van der Waals surface area (Å²) in [7, 11) is 1.68. The van der Waals surface area contributed by atoms with Gasteiger partial charge in [-0.05, 0) is 44.4 Å². The van der Waals surface area contributed by atoms with Gasteiger partial charge in [0.1, 0.15) is 5.75 Å². The monoisotopic (exact) mass is 276 g/mol. The Morgan fingerprint density at radius 3 is 3.15 bits per heavy atom. The van der Waals surface area contributed by atoms with Gasteiger partial charge in [0.15, 0.2) is 0 Å². The lowest BCUT2D eigenvalue weighted by Gasteiger charge is -2.44. The molecule has 2 saturated heterocycles. The number of ether oxygens (including phenoxy) is 1. The lowest BCUT2D eigenvalue weighted by molar-refractivity contribution is 0.0964. The minimum atomic E-state index is -0.183. The molecule has 2 aliphatic heterocycles. The zero-order chi connectivity index (χ0) is 14.0. The van der Waals surface area contributed by atoms with Gasteiger partial charge in [-0.3, -0.25) is 0 Å². The van der Waals surface area contributed by atoms with Gasteiger partial charge in [0.05, 0.1) is 19.3 Å². The molecule has 2 heterocycles. The average molecular weight is 276 g/mol. The highest BCUT2D eigenvalue weighted by molar-refractivity contribution is 5.50. The number of anilines is 1. The molecule has 0 amide bonds. The molecule has 2 N–H and O–H groups in total. The van der Waals surface area contributed by atoms with E-state index in [-0.39, 0.29) is 12.1 Å². The first-order chi connectivity index (χ1) is 9.74. The van der Waals surface area contributed by atoms with Crippen LogP contribution in [0.15, 0.2) is 24.3 Å². The largest absolute Gasteiger partial charge is 0.497 e. The van der Waals surface area contributed by atoms with Crippen molar-refractivity contribution >= 4 is 5.69 Å². The predicted molar refractivity (Wildman–Crippen MR) is 80.3 cm³/mol. The van der Waals surface area contributed by atoms with E-state index in [4.69, 9.17) is 4.74 Å². The molecule has 110 valence electrons. The summed E-state index contributed by atoms with van der Waals surface area (Å²) in [6.45, 7) is 2.50. The number of nitrogens with zero attached hydrogens (tertiary/aromatic N) is 1. The van der Waals surface area contributed by atoms with Gasteiger partial charge in [0.25, 0.3) is 0 Å². The van der Waals surface area contributed by atoms with Gasteiger partial charge in [-0.25, -0.2) is 0 Å². The first-order valence-electron chi connectivity index (χ1n) is 7.52. The molecule has 1 aromatic carbocycles. The molecular weight excluding hydrogens is 252 g/mol. The molecule has 2 fully saturated rings. The molecule has 3 rings (SSSR count). The van der Waals surface area contributed by atoms with Gasteiger partial charge in [0, 0.05) is 24.3 Å². The van der Waals surface area contributed by atoms with Crippen LogP contribution >= 0.6 is 0 Å². The summed E-state index contributed by atoms with van der Waals surface area (Å²) in [5, 5.41) is 13.5. The van der Waals surface area contributed by atoms with E-state index in [1.165, 1.54) is 19.4 Å². The normalized spacial score (nSPS) is 30.0. The summed E-state index contributed by atoms with van der Waals surface area (Å²) in [4.78, 5) is 2.57. The number of rotatable bonds is 4. The van der Waals surface area contributed by atoms with Crippen LogP contribution < -0.4 is 10.1 Å². The molecule has 2 atom stereocenters. The molecule has 0 bridgehead atoms. The second-order valence-electron chi connectivity index (χ2n) is 6.08. The summed E-state index contributed by atoms with van der Waals surface area (Å²) in [5.74, 6) is 0.849. The number of hydrogen-bond donors (Lipinski definition) is 2. The van der Waals surface area contributed by atoms with Gasteiger partial charge in [-0.1, -0.05) is 6.07 Å². The third-order valence-corrected chi connectivity index (χ3v) is 4.78. The zero-order valence-electron chi connectivity index (χ0n) is 12.1. The molecule has 20 heavy (non-hydrogen) atoms. The maximum Gasteiger partial charge on any atom is 0.120 e.